The summed E-state index contributed by atoms with van der Waals surface area (Å²) < 4.78 is 12.1. The summed E-state index contributed by atoms with van der Waals surface area (Å²) >= 11 is 8.86. The lowest BCUT2D eigenvalue weighted by molar-refractivity contribution is -0.0532. The Morgan fingerprint density at radius 2 is 2.11 bits per heavy atom. The van der Waals surface area contributed by atoms with E-state index in [1.807, 2.05) is 0 Å². The van der Waals surface area contributed by atoms with E-state index in [-0.39, 0.29) is 18.6 Å². The molecular weight excluding hydrogens is 456 g/mol. The van der Waals surface area contributed by atoms with Crippen molar-refractivity contribution in [3.05, 3.63) is 72.4 Å². The zero-order valence-electron chi connectivity index (χ0n) is 14.4. The minimum Gasteiger partial charge on any atom is -0.459 e. The first-order valence-corrected chi connectivity index (χ1v) is 9.57. The molecule has 0 spiro atoms. The van der Waals surface area contributed by atoms with Gasteiger partial charge >= 0.3 is 11.7 Å². The Balaban J connectivity index is 1.68. The first-order valence-electron chi connectivity index (χ1n) is 8.27. The monoisotopic (exact) mass is 470 g/mol. The highest BCUT2D eigenvalue weighted by atomic mass is 79.9. The van der Waals surface area contributed by atoms with Crippen LogP contribution in [0.3, 0.4) is 0 Å². The number of ether oxygens (including phenoxy) is 2. The highest BCUT2D eigenvalue weighted by molar-refractivity contribution is 9.11. The summed E-state index contributed by atoms with van der Waals surface area (Å²) in [6.07, 6.45) is 0.365. The fourth-order valence-corrected chi connectivity index (χ4v) is 3.18. The number of hydrogen-bond donors (Lipinski definition) is 2. The van der Waals surface area contributed by atoms with Gasteiger partial charge in [0.05, 0.1) is 17.2 Å². The van der Waals surface area contributed by atoms with Crippen LogP contribution in [0.25, 0.3) is 6.08 Å². The van der Waals surface area contributed by atoms with Crippen molar-refractivity contribution in [2.45, 2.75) is 24.9 Å². The summed E-state index contributed by atoms with van der Waals surface area (Å²) in [7, 11) is 0. The van der Waals surface area contributed by atoms with Crippen LogP contribution in [0.5, 0.6) is 0 Å². The van der Waals surface area contributed by atoms with Crippen molar-refractivity contribution in [2.75, 3.05) is 6.61 Å². The number of nitrogens with one attached hydrogen (secondary N) is 1. The van der Waals surface area contributed by atoms with E-state index in [0.717, 1.165) is 0 Å². The summed E-state index contributed by atoms with van der Waals surface area (Å²) in [6, 6.07) is 6.18. The minimum absolute atomic E-state index is 0.104. The second-order valence-corrected chi connectivity index (χ2v) is 7.05. The third-order valence-corrected chi connectivity index (χ3v) is 4.73. The molecule has 0 unspecified atom stereocenters. The minimum atomic E-state index is -0.947. The normalized spacial score (nSPS) is 21.9. The average molecular weight is 472 g/mol. The number of aromatic nitrogens is 2. The molecule has 0 amide bonds. The van der Waals surface area contributed by atoms with Gasteiger partial charge in [-0.2, -0.15) is 0 Å². The van der Waals surface area contributed by atoms with Crippen LogP contribution in [0.2, 0.25) is 5.02 Å². The molecule has 3 rings (SSSR count). The molecule has 1 fully saturated rings. The molecule has 3 atom stereocenters. The first-order chi connectivity index (χ1) is 13.4. The number of aliphatic hydroxyl groups is 1. The number of hydrogen-bond acceptors (Lipinski definition) is 6. The highest BCUT2D eigenvalue weighted by Crippen LogP contribution is 2.28. The third-order valence-electron chi connectivity index (χ3n) is 4.21. The number of nitrogens with zero attached hydrogens (tertiary/aromatic N) is 1. The first kappa shape index (κ1) is 20.5. The van der Waals surface area contributed by atoms with Gasteiger partial charge in [-0.15, -0.1) is 0 Å². The Labute approximate surface area is 172 Å². The Bertz CT molecular complexity index is 1000. The van der Waals surface area contributed by atoms with Crippen molar-refractivity contribution in [1.82, 2.24) is 9.55 Å². The van der Waals surface area contributed by atoms with Crippen LogP contribution < -0.4 is 11.2 Å². The van der Waals surface area contributed by atoms with Crippen molar-refractivity contribution in [1.29, 1.82) is 0 Å². The van der Waals surface area contributed by atoms with Crippen LogP contribution in [-0.4, -0.2) is 39.4 Å². The van der Waals surface area contributed by atoms with Crippen molar-refractivity contribution in [3.63, 3.8) is 0 Å². The van der Waals surface area contributed by atoms with Gasteiger partial charge in [-0.25, -0.2) is 9.59 Å². The van der Waals surface area contributed by atoms with Gasteiger partial charge in [-0.1, -0.05) is 27.5 Å². The number of rotatable bonds is 5. The molecule has 0 saturated carbocycles. The maximum absolute atomic E-state index is 12.1. The summed E-state index contributed by atoms with van der Waals surface area (Å²) in [4.78, 5) is 39.6. The largest absolute Gasteiger partial charge is 0.459 e. The van der Waals surface area contributed by atoms with Crippen LogP contribution in [-0.2, 0) is 9.47 Å². The van der Waals surface area contributed by atoms with E-state index < -0.39 is 35.7 Å². The Morgan fingerprint density at radius 3 is 2.79 bits per heavy atom. The van der Waals surface area contributed by atoms with Gasteiger partial charge in [0.15, 0.2) is 0 Å². The average Bonchev–Trinajstić information content (AvgIpc) is 3.03. The predicted molar refractivity (Wildman–Crippen MR) is 106 cm³/mol. The number of benzene rings is 1. The van der Waals surface area contributed by atoms with Gasteiger partial charge in [0.1, 0.15) is 18.9 Å². The lowest BCUT2D eigenvalue weighted by Gasteiger charge is -2.16. The summed E-state index contributed by atoms with van der Waals surface area (Å²) in [5.74, 6) is -0.582. The Morgan fingerprint density at radius 1 is 1.39 bits per heavy atom. The predicted octanol–water partition coefficient (Wildman–Crippen LogP) is 2.06. The molecule has 1 aromatic carbocycles. The van der Waals surface area contributed by atoms with E-state index in [1.54, 1.807) is 12.1 Å². The van der Waals surface area contributed by atoms with Crippen LogP contribution in [0, 0.1) is 0 Å². The lowest BCUT2D eigenvalue weighted by Crippen LogP contribution is -2.33. The van der Waals surface area contributed by atoms with Crippen LogP contribution in [0.4, 0.5) is 0 Å². The molecule has 0 bridgehead atoms. The molecule has 1 aliphatic heterocycles. The molecule has 1 aliphatic rings. The maximum Gasteiger partial charge on any atom is 0.338 e. The molecule has 2 aromatic rings. The van der Waals surface area contributed by atoms with Crippen LogP contribution >= 0.6 is 27.5 Å². The van der Waals surface area contributed by atoms with Crippen molar-refractivity contribution in [3.8, 4) is 0 Å². The number of aromatic amines is 1. The van der Waals surface area contributed by atoms with Crippen LogP contribution in [0.15, 0.2) is 45.0 Å². The van der Waals surface area contributed by atoms with Gasteiger partial charge in [-0.3, -0.25) is 14.3 Å². The second-order valence-electron chi connectivity index (χ2n) is 6.08. The fourth-order valence-electron chi connectivity index (χ4n) is 2.76. The number of halogens is 2. The number of carbonyl (C=O) groups excluding carboxylic acids is 1. The van der Waals surface area contributed by atoms with E-state index in [1.165, 1.54) is 34.0 Å². The smallest absolute Gasteiger partial charge is 0.338 e. The molecule has 8 nitrogen and oxygen atoms in total. The quantitative estimate of drug-likeness (QED) is 0.646. The Kier molecular flexibility index (Phi) is 6.50. The zero-order valence-corrected chi connectivity index (χ0v) is 16.7. The standard InChI is InChI=1S/C18H16BrClN2O6/c19-6-5-11-8-22(18(26)21-16(11)24)15-7-13(23)14(28-15)9-27-17(25)10-1-3-12(20)4-2-10/h1-6,8,13-15,23H,7,9H2,(H,21,24,26)/b6-5+/t13-,14+,15+/m0/s1. The third kappa shape index (κ3) is 4.61. The number of H-pyrrole nitrogens is 1. The molecule has 1 aromatic heterocycles. The summed E-state index contributed by atoms with van der Waals surface area (Å²) in [5.41, 5.74) is -0.639. The molecular formula is C18H16BrClN2O6. The topological polar surface area (TPSA) is 111 Å². The number of esters is 1. The number of carbonyl (C=O) groups is 1. The van der Waals surface area contributed by atoms with Gasteiger partial charge in [0, 0.05) is 17.6 Å². The van der Waals surface area contributed by atoms with E-state index in [4.69, 9.17) is 21.1 Å². The van der Waals surface area contributed by atoms with Gasteiger partial charge in [0.25, 0.3) is 5.56 Å². The van der Waals surface area contributed by atoms with E-state index in [2.05, 4.69) is 20.9 Å². The zero-order chi connectivity index (χ0) is 20.3. The molecule has 1 saturated heterocycles. The number of aliphatic hydroxyl groups excluding tert-OH is 1. The molecule has 2 heterocycles. The molecule has 10 heteroatoms. The fraction of sp³-hybridized carbons (Fsp3) is 0.278. The second kappa shape index (κ2) is 8.87. The van der Waals surface area contributed by atoms with Gasteiger partial charge < -0.3 is 14.6 Å². The molecule has 0 radical (unpaired) electrons. The molecule has 0 aliphatic carbocycles. The lowest BCUT2D eigenvalue weighted by atomic mass is 10.2. The van der Waals surface area contributed by atoms with Crippen molar-refractivity contribution >= 4 is 39.6 Å². The SMILES string of the molecule is O=C(OC[C@H]1O[C@@H](n2cc(/C=C/Br)c(=O)[nH]c2=O)C[C@@H]1O)c1ccc(Cl)cc1. The maximum atomic E-state index is 12.1. The van der Waals surface area contributed by atoms with E-state index in [9.17, 15) is 19.5 Å². The summed E-state index contributed by atoms with van der Waals surface area (Å²) in [6.45, 7) is -0.189. The highest BCUT2D eigenvalue weighted by Gasteiger charge is 2.36. The molecule has 2 N–H and O–H groups in total. The van der Waals surface area contributed by atoms with Gasteiger partial charge in [0.2, 0.25) is 0 Å². The van der Waals surface area contributed by atoms with Gasteiger partial charge in [-0.05, 0) is 35.3 Å². The van der Waals surface area contributed by atoms with E-state index >= 15 is 0 Å². The van der Waals surface area contributed by atoms with Crippen molar-refractivity contribution in [2.24, 2.45) is 0 Å². The molecule has 28 heavy (non-hydrogen) atoms. The summed E-state index contributed by atoms with van der Waals surface area (Å²) in [5, 5.41) is 10.7. The molecule has 148 valence electrons. The van der Waals surface area contributed by atoms with Crippen LogP contribution in [0.1, 0.15) is 28.6 Å². The van der Waals surface area contributed by atoms with E-state index in [0.29, 0.717) is 10.6 Å². The Hall–Kier alpha value is -2.20. The van der Waals surface area contributed by atoms with Crippen molar-refractivity contribution < 1.29 is 19.4 Å².